The summed E-state index contributed by atoms with van der Waals surface area (Å²) in [5.74, 6) is 4.94. The number of benzene rings is 2. The van der Waals surface area contributed by atoms with Crippen molar-refractivity contribution in [1.29, 1.82) is 0 Å². The van der Waals surface area contributed by atoms with Crippen LogP contribution >= 0.6 is 0 Å². The Balaban J connectivity index is 2.42. The molecule has 0 atom stereocenters. The van der Waals surface area contributed by atoms with E-state index in [0.29, 0.717) is 22.3 Å². The molecule has 0 spiro atoms. The third kappa shape index (κ3) is 2.32. The highest BCUT2D eigenvalue weighted by Gasteiger charge is 2.09. The fourth-order valence-corrected chi connectivity index (χ4v) is 1.67. The Labute approximate surface area is 106 Å². The summed E-state index contributed by atoms with van der Waals surface area (Å²) < 4.78 is 0. The molecule has 2 aromatic carbocycles. The molecule has 1 nitrogen and oxygen atoms in total. The van der Waals surface area contributed by atoms with Gasteiger partial charge in [-0.3, -0.25) is 4.79 Å². The maximum absolute atomic E-state index is 12.2. The Kier molecular flexibility index (Phi) is 3.28. The van der Waals surface area contributed by atoms with Crippen molar-refractivity contribution in [2.75, 3.05) is 0 Å². The summed E-state index contributed by atoms with van der Waals surface area (Å²) in [7, 11) is 0. The lowest BCUT2D eigenvalue weighted by Gasteiger charge is -2.02. The van der Waals surface area contributed by atoms with Gasteiger partial charge in [0.15, 0.2) is 5.78 Å². The van der Waals surface area contributed by atoms with Crippen LogP contribution < -0.4 is 0 Å². The number of rotatable bonds is 2. The molecule has 0 aliphatic rings. The molecule has 0 radical (unpaired) electrons. The summed E-state index contributed by atoms with van der Waals surface area (Å²) in [5, 5.41) is 0. The van der Waals surface area contributed by atoms with E-state index in [4.69, 9.17) is 12.8 Å². The molecular weight excluding hydrogens is 220 g/mol. The van der Waals surface area contributed by atoms with E-state index in [1.807, 2.05) is 0 Å². The molecule has 0 fully saturated rings. The fraction of sp³-hybridized carbons (Fsp3) is 0. The Morgan fingerprint density at radius 3 is 1.67 bits per heavy atom. The summed E-state index contributed by atoms with van der Waals surface area (Å²) in [4.78, 5) is 12.2. The highest BCUT2D eigenvalue weighted by molar-refractivity contribution is 6.09. The van der Waals surface area contributed by atoms with Crippen LogP contribution in [0.3, 0.4) is 0 Å². The molecule has 0 bridgehead atoms. The second kappa shape index (κ2) is 5.04. The largest absolute Gasteiger partial charge is 0.289 e. The van der Waals surface area contributed by atoms with Crippen molar-refractivity contribution < 1.29 is 4.79 Å². The molecule has 84 valence electrons. The van der Waals surface area contributed by atoms with E-state index in [1.165, 1.54) is 0 Å². The first-order valence-corrected chi connectivity index (χ1v) is 5.42. The van der Waals surface area contributed by atoms with Crippen LogP contribution in [0.5, 0.6) is 0 Å². The van der Waals surface area contributed by atoms with Crippen molar-refractivity contribution in [3.63, 3.8) is 0 Å². The lowest BCUT2D eigenvalue weighted by molar-refractivity contribution is 0.103. The standard InChI is InChI=1S/C17H10O/c1-3-13-7-5-9-15(11-13)17(18)16-10-6-8-14(4-2)12-16/h1-2,5-12H. The number of carbonyl (C=O) groups is 1. The van der Waals surface area contributed by atoms with Crippen molar-refractivity contribution in [2.24, 2.45) is 0 Å². The Morgan fingerprint density at radius 1 is 0.833 bits per heavy atom. The molecule has 0 aromatic heterocycles. The van der Waals surface area contributed by atoms with Gasteiger partial charge in [0.1, 0.15) is 0 Å². The predicted octanol–water partition coefficient (Wildman–Crippen LogP) is 2.88. The lowest BCUT2D eigenvalue weighted by Crippen LogP contribution is -2.01. The van der Waals surface area contributed by atoms with Crippen LogP contribution in [0.4, 0.5) is 0 Å². The molecule has 18 heavy (non-hydrogen) atoms. The minimum absolute atomic E-state index is 0.0794. The van der Waals surface area contributed by atoms with Gasteiger partial charge in [0.2, 0.25) is 0 Å². The summed E-state index contributed by atoms with van der Waals surface area (Å²) in [6, 6.07) is 14.0. The topological polar surface area (TPSA) is 17.1 Å². The van der Waals surface area contributed by atoms with Crippen LogP contribution in [0.25, 0.3) is 0 Å². The minimum atomic E-state index is -0.0794. The average molecular weight is 230 g/mol. The van der Waals surface area contributed by atoms with Gasteiger partial charge in [-0.05, 0) is 24.3 Å². The number of ketones is 1. The van der Waals surface area contributed by atoms with Gasteiger partial charge in [0.25, 0.3) is 0 Å². The number of carbonyl (C=O) groups excluding carboxylic acids is 1. The number of hydrogen-bond donors (Lipinski definition) is 0. The van der Waals surface area contributed by atoms with Crippen LogP contribution in [-0.2, 0) is 0 Å². The highest BCUT2D eigenvalue weighted by Crippen LogP contribution is 2.12. The molecule has 0 saturated heterocycles. The first kappa shape index (κ1) is 11.7. The van der Waals surface area contributed by atoms with E-state index in [9.17, 15) is 4.79 Å². The zero-order chi connectivity index (χ0) is 13.0. The molecule has 0 aliphatic heterocycles. The molecule has 0 aliphatic carbocycles. The van der Waals surface area contributed by atoms with Gasteiger partial charge in [-0.25, -0.2) is 0 Å². The third-order valence-electron chi connectivity index (χ3n) is 2.58. The Bertz CT molecular complexity index is 622. The van der Waals surface area contributed by atoms with Crippen molar-refractivity contribution in [3.8, 4) is 24.7 Å². The van der Waals surface area contributed by atoms with Crippen LogP contribution in [0.15, 0.2) is 48.5 Å². The van der Waals surface area contributed by atoms with Crippen molar-refractivity contribution >= 4 is 5.78 Å². The zero-order valence-electron chi connectivity index (χ0n) is 9.68. The molecule has 0 heterocycles. The van der Waals surface area contributed by atoms with Crippen molar-refractivity contribution in [1.82, 2.24) is 0 Å². The van der Waals surface area contributed by atoms with Gasteiger partial charge in [-0.1, -0.05) is 36.1 Å². The third-order valence-corrected chi connectivity index (χ3v) is 2.58. The summed E-state index contributed by atoms with van der Waals surface area (Å²) in [6.45, 7) is 0. The van der Waals surface area contributed by atoms with Gasteiger partial charge < -0.3 is 0 Å². The first-order valence-electron chi connectivity index (χ1n) is 5.42. The molecule has 0 N–H and O–H groups in total. The van der Waals surface area contributed by atoms with Crippen molar-refractivity contribution in [3.05, 3.63) is 70.8 Å². The highest BCUT2D eigenvalue weighted by atomic mass is 16.1. The second-order valence-corrected chi connectivity index (χ2v) is 3.78. The SMILES string of the molecule is C#Cc1cccc(C(=O)c2cccc(C#C)c2)c1. The van der Waals surface area contributed by atoms with Crippen LogP contribution in [0.2, 0.25) is 0 Å². The smallest absolute Gasteiger partial charge is 0.193 e. The van der Waals surface area contributed by atoms with E-state index < -0.39 is 0 Å². The van der Waals surface area contributed by atoms with Crippen molar-refractivity contribution in [2.45, 2.75) is 0 Å². The van der Waals surface area contributed by atoms with E-state index in [1.54, 1.807) is 48.5 Å². The summed E-state index contributed by atoms with van der Waals surface area (Å²) in [5.41, 5.74) is 2.52. The Morgan fingerprint density at radius 2 is 1.28 bits per heavy atom. The van der Waals surface area contributed by atoms with Crippen LogP contribution in [-0.4, -0.2) is 5.78 Å². The lowest BCUT2D eigenvalue weighted by atomic mass is 10.00. The maximum atomic E-state index is 12.2. The van der Waals surface area contributed by atoms with E-state index in [2.05, 4.69) is 11.8 Å². The normalized spacial score (nSPS) is 9.22. The molecular formula is C17H10O. The van der Waals surface area contributed by atoms with E-state index >= 15 is 0 Å². The van der Waals surface area contributed by atoms with E-state index in [0.717, 1.165) is 0 Å². The minimum Gasteiger partial charge on any atom is -0.289 e. The molecule has 1 heteroatoms. The molecule has 2 rings (SSSR count). The molecule has 2 aromatic rings. The molecule has 0 amide bonds. The molecule has 0 saturated carbocycles. The monoisotopic (exact) mass is 230 g/mol. The van der Waals surface area contributed by atoms with Crippen LogP contribution in [0, 0.1) is 24.7 Å². The van der Waals surface area contributed by atoms with E-state index in [-0.39, 0.29) is 5.78 Å². The second-order valence-electron chi connectivity index (χ2n) is 3.78. The van der Waals surface area contributed by atoms with Gasteiger partial charge in [-0.15, -0.1) is 12.8 Å². The fourth-order valence-electron chi connectivity index (χ4n) is 1.67. The van der Waals surface area contributed by atoms with Crippen LogP contribution in [0.1, 0.15) is 27.0 Å². The Hall–Kier alpha value is -2.77. The molecule has 0 unspecified atom stereocenters. The quantitative estimate of drug-likeness (QED) is 0.572. The summed E-state index contributed by atoms with van der Waals surface area (Å²) >= 11 is 0. The maximum Gasteiger partial charge on any atom is 0.193 e. The summed E-state index contributed by atoms with van der Waals surface area (Å²) in [6.07, 6.45) is 10.6. The first-order chi connectivity index (χ1) is 8.74. The predicted molar refractivity (Wildman–Crippen MR) is 72.2 cm³/mol. The van der Waals surface area contributed by atoms with Gasteiger partial charge >= 0.3 is 0 Å². The van der Waals surface area contributed by atoms with Gasteiger partial charge in [0, 0.05) is 22.3 Å². The van der Waals surface area contributed by atoms with Gasteiger partial charge in [0.05, 0.1) is 0 Å². The number of hydrogen-bond acceptors (Lipinski definition) is 1. The van der Waals surface area contributed by atoms with Gasteiger partial charge in [-0.2, -0.15) is 0 Å². The zero-order valence-corrected chi connectivity index (χ0v) is 9.68. The number of terminal acetylenes is 2. The average Bonchev–Trinajstić information content (AvgIpc) is 2.46.